The SMILES string of the molecule is COC(=O)c1ccccc1.COc1cc(C)c2[nH]ccc2c1CN1CCN(CCC(F)F)CC1. The van der Waals surface area contributed by atoms with Crippen LogP contribution in [-0.4, -0.2) is 74.1 Å². The zero-order valence-electron chi connectivity index (χ0n) is 20.0. The van der Waals surface area contributed by atoms with Crippen LogP contribution in [0.2, 0.25) is 0 Å². The number of rotatable bonds is 7. The average Bonchev–Trinajstić information content (AvgIpc) is 3.36. The van der Waals surface area contributed by atoms with Crippen LogP contribution in [0.4, 0.5) is 8.78 Å². The summed E-state index contributed by atoms with van der Waals surface area (Å²) >= 11 is 0. The van der Waals surface area contributed by atoms with Crippen molar-refractivity contribution < 1.29 is 23.0 Å². The average molecular weight is 474 g/mol. The number of nitrogens with zero attached hydrogens (tertiary/aromatic N) is 2. The summed E-state index contributed by atoms with van der Waals surface area (Å²) in [6.45, 7) is 6.86. The summed E-state index contributed by atoms with van der Waals surface area (Å²) in [7, 11) is 3.08. The Hall–Kier alpha value is -2.97. The number of fused-ring (bicyclic) bond motifs is 1. The van der Waals surface area contributed by atoms with Crippen LogP contribution in [0.3, 0.4) is 0 Å². The fourth-order valence-corrected chi connectivity index (χ4v) is 4.15. The Labute approximate surface area is 199 Å². The van der Waals surface area contributed by atoms with Crippen LogP contribution in [0.5, 0.6) is 5.75 Å². The summed E-state index contributed by atoms with van der Waals surface area (Å²) in [5.74, 6) is 0.625. The van der Waals surface area contributed by atoms with E-state index in [0.29, 0.717) is 12.1 Å². The van der Waals surface area contributed by atoms with Crippen molar-refractivity contribution in [2.75, 3.05) is 46.9 Å². The van der Waals surface area contributed by atoms with E-state index in [-0.39, 0.29) is 12.4 Å². The molecule has 1 aromatic heterocycles. The van der Waals surface area contributed by atoms with Gasteiger partial charge in [-0.3, -0.25) is 4.90 Å². The number of carbonyl (C=O) groups is 1. The second-order valence-electron chi connectivity index (χ2n) is 8.30. The summed E-state index contributed by atoms with van der Waals surface area (Å²) in [5, 5.41) is 1.20. The van der Waals surface area contributed by atoms with Gasteiger partial charge in [-0.25, -0.2) is 13.6 Å². The Bertz CT molecular complexity index is 1050. The topological polar surface area (TPSA) is 57.8 Å². The minimum absolute atomic E-state index is 0.0320. The lowest BCUT2D eigenvalue weighted by atomic mass is 10.0. The lowest BCUT2D eigenvalue weighted by Gasteiger charge is -2.35. The van der Waals surface area contributed by atoms with Crippen LogP contribution < -0.4 is 4.74 Å². The maximum atomic E-state index is 12.3. The van der Waals surface area contributed by atoms with Gasteiger partial charge in [0.1, 0.15) is 5.75 Å². The lowest BCUT2D eigenvalue weighted by molar-refractivity contribution is 0.0600. The van der Waals surface area contributed by atoms with E-state index in [1.807, 2.05) is 12.3 Å². The van der Waals surface area contributed by atoms with E-state index in [1.165, 1.54) is 23.6 Å². The molecule has 6 nitrogen and oxygen atoms in total. The quantitative estimate of drug-likeness (QED) is 0.503. The molecule has 0 bridgehead atoms. The molecule has 0 saturated carbocycles. The number of carbonyl (C=O) groups excluding carboxylic acids is 1. The molecule has 0 spiro atoms. The predicted octanol–water partition coefficient (Wildman–Crippen LogP) is 4.73. The van der Waals surface area contributed by atoms with Crippen LogP contribution in [0.15, 0.2) is 48.7 Å². The minimum Gasteiger partial charge on any atom is -0.496 e. The largest absolute Gasteiger partial charge is 0.496 e. The van der Waals surface area contributed by atoms with Gasteiger partial charge in [0.05, 0.1) is 19.8 Å². The van der Waals surface area contributed by atoms with Crippen molar-refractivity contribution in [1.82, 2.24) is 14.8 Å². The Morgan fingerprint density at radius 2 is 1.74 bits per heavy atom. The van der Waals surface area contributed by atoms with Gasteiger partial charge < -0.3 is 19.4 Å². The number of hydrogen-bond acceptors (Lipinski definition) is 5. The van der Waals surface area contributed by atoms with Gasteiger partial charge in [0.15, 0.2) is 0 Å². The molecule has 0 atom stereocenters. The first-order valence-corrected chi connectivity index (χ1v) is 11.4. The van der Waals surface area contributed by atoms with E-state index < -0.39 is 6.43 Å². The molecule has 1 N–H and O–H groups in total. The number of hydrogen-bond donors (Lipinski definition) is 1. The first-order chi connectivity index (χ1) is 16.4. The fourth-order valence-electron chi connectivity index (χ4n) is 4.15. The molecule has 1 saturated heterocycles. The summed E-state index contributed by atoms with van der Waals surface area (Å²) in [4.78, 5) is 18.6. The molecule has 1 aliphatic rings. The van der Waals surface area contributed by atoms with Gasteiger partial charge in [-0.1, -0.05) is 18.2 Å². The third kappa shape index (κ3) is 6.77. The molecular formula is C26H33F2N3O3. The number of H-pyrrole nitrogens is 1. The summed E-state index contributed by atoms with van der Waals surface area (Å²) in [6.07, 6.45) is -0.278. The smallest absolute Gasteiger partial charge is 0.337 e. The van der Waals surface area contributed by atoms with E-state index in [0.717, 1.165) is 44.0 Å². The first-order valence-electron chi connectivity index (χ1n) is 11.4. The fraction of sp³-hybridized carbons (Fsp3) is 0.423. The number of aryl methyl sites for hydroxylation is 1. The molecule has 1 aliphatic heterocycles. The van der Waals surface area contributed by atoms with Gasteiger partial charge in [-0.15, -0.1) is 0 Å². The van der Waals surface area contributed by atoms with Gasteiger partial charge in [0.2, 0.25) is 6.43 Å². The molecule has 3 aromatic rings. The third-order valence-electron chi connectivity index (χ3n) is 6.04. The van der Waals surface area contributed by atoms with Gasteiger partial charge in [-0.05, 0) is 36.8 Å². The molecule has 2 aromatic carbocycles. The van der Waals surface area contributed by atoms with Crippen molar-refractivity contribution in [1.29, 1.82) is 0 Å². The molecular weight excluding hydrogens is 440 g/mol. The van der Waals surface area contributed by atoms with Gasteiger partial charge in [0, 0.05) is 68.4 Å². The minimum atomic E-state index is -2.21. The Balaban J connectivity index is 0.000000271. The van der Waals surface area contributed by atoms with E-state index in [2.05, 4.69) is 38.6 Å². The van der Waals surface area contributed by atoms with E-state index in [4.69, 9.17) is 4.74 Å². The molecule has 0 amide bonds. The molecule has 0 radical (unpaired) electrons. The summed E-state index contributed by atoms with van der Waals surface area (Å²) < 4.78 is 34.8. The zero-order chi connectivity index (χ0) is 24.5. The zero-order valence-corrected chi connectivity index (χ0v) is 20.0. The molecule has 184 valence electrons. The van der Waals surface area contributed by atoms with Crippen molar-refractivity contribution in [3.05, 3.63) is 65.4 Å². The highest BCUT2D eigenvalue weighted by molar-refractivity contribution is 5.89. The van der Waals surface area contributed by atoms with Crippen LogP contribution in [0, 0.1) is 6.92 Å². The van der Waals surface area contributed by atoms with Crippen LogP contribution in [-0.2, 0) is 11.3 Å². The second-order valence-corrected chi connectivity index (χ2v) is 8.30. The van der Waals surface area contributed by atoms with Gasteiger partial charge in [0.25, 0.3) is 0 Å². The number of ether oxygens (including phenoxy) is 2. The molecule has 1 fully saturated rings. The number of benzene rings is 2. The van der Waals surface area contributed by atoms with Crippen LogP contribution in [0.1, 0.15) is 27.9 Å². The summed E-state index contributed by atoms with van der Waals surface area (Å²) in [5.41, 5.74) is 4.11. The monoisotopic (exact) mass is 473 g/mol. The van der Waals surface area contributed by atoms with Gasteiger partial charge >= 0.3 is 5.97 Å². The van der Waals surface area contributed by atoms with Crippen LogP contribution in [0.25, 0.3) is 10.9 Å². The van der Waals surface area contributed by atoms with Crippen molar-refractivity contribution in [3.8, 4) is 5.75 Å². The molecule has 2 heterocycles. The number of alkyl halides is 2. The van der Waals surface area contributed by atoms with Gasteiger partial charge in [-0.2, -0.15) is 0 Å². The highest BCUT2D eigenvalue weighted by Crippen LogP contribution is 2.31. The lowest BCUT2D eigenvalue weighted by Crippen LogP contribution is -2.46. The van der Waals surface area contributed by atoms with Crippen molar-refractivity contribution in [2.24, 2.45) is 0 Å². The number of halogens is 2. The van der Waals surface area contributed by atoms with Crippen LogP contribution >= 0.6 is 0 Å². The van der Waals surface area contributed by atoms with E-state index >= 15 is 0 Å². The maximum absolute atomic E-state index is 12.3. The van der Waals surface area contributed by atoms with Crippen molar-refractivity contribution in [2.45, 2.75) is 26.3 Å². The van der Waals surface area contributed by atoms with E-state index in [9.17, 15) is 13.6 Å². The molecule has 34 heavy (non-hydrogen) atoms. The molecule has 0 aliphatic carbocycles. The highest BCUT2D eigenvalue weighted by Gasteiger charge is 2.21. The number of esters is 1. The number of nitrogens with one attached hydrogen (secondary N) is 1. The predicted molar refractivity (Wildman–Crippen MR) is 130 cm³/mol. The third-order valence-corrected chi connectivity index (χ3v) is 6.04. The molecule has 0 unspecified atom stereocenters. The maximum Gasteiger partial charge on any atom is 0.337 e. The first kappa shape index (κ1) is 25.6. The number of aromatic amines is 1. The van der Waals surface area contributed by atoms with Crippen molar-refractivity contribution in [3.63, 3.8) is 0 Å². The second kappa shape index (κ2) is 12.5. The normalized spacial score (nSPS) is 14.6. The number of piperazine rings is 1. The highest BCUT2D eigenvalue weighted by atomic mass is 19.3. The number of aromatic nitrogens is 1. The van der Waals surface area contributed by atoms with Crippen molar-refractivity contribution >= 4 is 16.9 Å². The number of methoxy groups -OCH3 is 2. The Kier molecular flexibility index (Phi) is 9.42. The summed E-state index contributed by atoms with van der Waals surface area (Å²) in [6, 6.07) is 13.1. The standard InChI is InChI=1S/C18H25F2N3O.C8H8O2/c1-13-11-16(24-2)15(14-3-5-21-18(13)14)12-23-9-7-22(8-10-23)6-4-17(19)20;1-10-8(9)7-5-3-2-4-6-7/h3,5,11,17,21H,4,6-10,12H2,1-2H3;2-6H,1H3. The van der Waals surface area contributed by atoms with E-state index in [1.54, 1.807) is 31.4 Å². The molecule has 4 rings (SSSR count). The molecule has 8 heteroatoms. The Morgan fingerprint density at radius 3 is 2.35 bits per heavy atom. The Morgan fingerprint density at radius 1 is 1.06 bits per heavy atom.